The van der Waals surface area contributed by atoms with Crippen molar-refractivity contribution in [3.05, 3.63) is 71.8 Å². The van der Waals surface area contributed by atoms with E-state index in [9.17, 15) is 4.79 Å². The number of carbonyl (C=O) groups is 1. The fraction of sp³-hybridized carbons (Fsp3) is 0.348. The third-order valence-electron chi connectivity index (χ3n) is 6.02. The van der Waals surface area contributed by atoms with Gasteiger partial charge in [0.2, 0.25) is 0 Å². The Hall–Kier alpha value is -2.20. The Morgan fingerprint density at radius 3 is 2.26 bits per heavy atom. The van der Waals surface area contributed by atoms with Gasteiger partial charge >= 0.3 is 5.97 Å². The first-order chi connectivity index (χ1) is 13.1. The van der Waals surface area contributed by atoms with Gasteiger partial charge in [-0.3, -0.25) is 0 Å². The van der Waals surface area contributed by atoms with E-state index < -0.39 is 5.60 Å². The molecule has 2 aromatic rings. The van der Waals surface area contributed by atoms with E-state index in [0.29, 0.717) is 16.1 Å². The fourth-order valence-corrected chi connectivity index (χ4v) is 6.72. The second-order valence-corrected chi connectivity index (χ2v) is 9.26. The maximum atomic E-state index is 12.8. The molecule has 2 fully saturated rings. The first-order valence-electron chi connectivity index (χ1n) is 9.51. The van der Waals surface area contributed by atoms with E-state index in [1.165, 1.54) is 12.8 Å². The number of rotatable bonds is 3. The van der Waals surface area contributed by atoms with Crippen LogP contribution in [0.2, 0.25) is 0 Å². The second kappa shape index (κ2) is 6.16. The molecular formula is C23H22O3S. The zero-order chi connectivity index (χ0) is 18.6. The predicted molar refractivity (Wildman–Crippen MR) is 107 cm³/mol. The smallest absolute Gasteiger partial charge is 0.334 e. The zero-order valence-corrected chi connectivity index (χ0v) is 16.1. The standard InChI is InChI=1S/C23H22O3S/c1-14(2)22(24)26-23(18-13-15-11-12-21(18)27-15)16-7-3-5-9-19(16)25-20-10-6-4-8-17(20)23/h3-10,15,18,21H,1,11-13H2,2H3. The molecular weight excluding hydrogens is 356 g/mol. The van der Waals surface area contributed by atoms with Crippen molar-refractivity contribution in [2.24, 2.45) is 5.92 Å². The van der Waals surface area contributed by atoms with Crippen LogP contribution in [0, 0.1) is 5.92 Å². The highest BCUT2D eigenvalue weighted by molar-refractivity contribution is 8.01. The van der Waals surface area contributed by atoms with Crippen LogP contribution in [-0.4, -0.2) is 16.5 Å². The van der Waals surface area contributed by atoms with Gasteiger partial charge in [-0.1, -0.05) is 43.0 Å². The number of carbonyl (C=O) groups excluding carboxylic acids is 1. The molecule has 0 aromatic heterocycles. The van der Waals surface area contributed by atoms with E-state index >= 15 is 0 Å². The summed E-state index contributed by atoms with van der Waals surface area (Å²) < 4.78 is 12.6. The van der Waals surface area contributed by atoms with E-state index in [0.717, 1.165) is 29.0 Å². The van der Waals surface area contributed by atoms with Crippen LogP contribution in [0.15, 0.2) is 60.7 Å². The minimum Gasteiger partial charge on any atom is -0.456 e. The van der Waals surface area contributed by atoms with Crippen molar-refractivity contribution in [3.63, 3.8) is 0 Å². The second-order valence-electron chi connectivity index (χ2n) is 7.72. The summed E-state index contributed by atoms with van der Waals surface area (Å²) >= 11 is 2.06. The quantitative estimate of drug-likeness (QED) is 0.526. The molecule has 3 heterocycles. The molecule has 3 atom stereocenters. The summed E-state index contributed by atoms with van der Waals surface area (Å²) in [6, 6.07) is 16.0. The van der Waals surface area contributed by atoms with Crippen molar-refractivity contribution < 1.29 is 14.3 Å². The summed E-state index contributed by atoms with van der Waals surface area (Å²) in [6.07, 6.45) is 3.50. The van der Waals surface area contributed by atoms with Gasteiger partial charge in [-0.05, 0) is 38.3 Å². The number of benzene rings is 2. The van der Waals surface area contributed by atoms with E-state index in [-0.39, 0.29) is 11.9 Å². The number of hydrogen-bond acceptors (Lipinski definition) is 4. The highest BCUT2D eigenvalue weighted by Gasteiger charge is 2.58. The molecule has 0 saturated carbocycles. The summed E-state index contributed by atoms with van der Waals surface area (Å²) in [6.45, 7) is 5.54. The van der Waals surface area contributed by atoms with E-state index in [1.807, 2.05) is 48.5 Å². The van der Waals surface area contributed by atoms with Crippen LogP contribution in [-0.2, 0) is 15.1 Å². The van der Waals surface area contributed by atoms with Gasteiger partial charge in [-0.25, -0.2) is 4.79 Å². The molecule has 0 aliphatic carbocycles. The molecule has 2 aromatic carbocycles. The van der Waals surface area contributed by atoms with Crippen molar-refractivity contribution in [1.29, 1.82) is 0 Å². The zero-order valence-electron chi connectivity index (χ0n) is 15.3. The van der Waals surface area contributed by atoms with E-state index in [2.05, 4.69) is 18.3 Å². The Balaban J connectivity index is 1.77. The lowest BCUT2D eigenvalue weighted by molar-refractivity contribution is -0.158. The molecule has 0 spiro atoms. The Morgan fingerprint density at radius 2 is 1.74 bits per heavy atom. The first kappa shape index (κ1) is 16.9. The molecule has 3 nitrogen and oxygen atoms in total. The third kappa shape index (κ3) is 2.46. The van der Waals surface area contributed by atoms with Gasteiger partial charge in [0.25, 0.3) is 0 Å². The molecule has 3 aliphatic rings. The van der Waals surface area contributed by atoms with E-state index in [1.54, 1.807) is 6.92 Å². The molecule has 0 amide bonds. The lowest BCUT2D eigenvalue weighted by Gasteiger charge is -2.45. The van der Waals surface area contributed by atoms with Gasteiger partial charge in [0.05, 0.1) is 0 Å². The minimum atomic E-state index is -0.825. The highest BCUT2D eigenvalue weighted by Crippen LogP contribution is 2.62. The van der Waals surface area contributed by atoms with Gasteiger partial charge in [0, 0.05) is 33.1 Å². The van der Waals surface area contributed by atoms with Crippen LogP contribution in [0.1, 0.15) is 37.3 Å². The highest BCUT2D eigenvalue weighted by atomic mass is 32.2. The largest absolute Gasteiger partial charge is 0.456 e. The number of fused-ring (bicyclic) bond motifs is 4. The van der Waals surface area contributed by atoms with Crippen LogP contribution in [0.3, 0.4) is 0 Å². The summed E-state index contributed by atoms with van der Waals surface area (Å²) in [5, 5.41) is 1.15. The Kier molecular flexibility index (Phi) is 3.87. The number of esters is 1. The Labute approximate surface area is 163 Å². The summed E-state index contributed by atoms with van der Waals surface area (Å²) in [4.78, 5) is 12.8. The molecule has 0 radical (unpaired) electrons. The van der Waals surface area contributed by atoms with Crippen molar-refractivity contribution in [2.75, 3.05) is 0 Å². The van der Waals surface area contributed by atoms with Gasteiger partial charge in [0.15, 0.2) is 5.60 Å². The van der Waals surface area contributed by atoms with Crippen molar-refractivity contribution in [1.82, 2.24) is 0 Å². The van der Waals surface area contributed by atoms with Gasteiger partial charge in [-0.2, -0.15) is 11.8 Å². The van der Waals surface area contributed by atoms with Crippen molar-refractivity contribution in [3.8, 4) is 11.5 Å². The summed E-state index contributed by atoms with van der Waals surface area (Å²) in [5.74, 6) is 1.45. The SMILES string of the molecule is C=C(C)C(=O)OC1(C2CC3CCC2S3)c2ccccc2Oc2ccccc21. The molecule has 3 unspecified atom stereocenters. The van der Waals surface area contributed by atoms with Gasteiger partial charge in [0.1, 0.15) is 11.5 Å². The average molecular weight is 378 g/mol. The lowest BCUT2D eigenvalue weighted by atomic mass is 9.68. The Bertz CT molecular complexity index is 889. The molecule has 138 valence electrons. The van der Waals surface area contributed by atoms with Gasteiger partial charge < -0.3 is 9.47 Å². The van der Waals surface area contributed by atoms with E-state index in [4.69, 9.17) is 9.47 Å². The first-order valence-corrected chi connectivity index (χ1v) is 10.4. The predicted octanol–water partition coefficient (Wildman–Crippen LogP) is 5.44. The monoisotopic (exact) mass is 378 g/mol. The minimum absolute atomic E-state index is 0.232. The molecule has 0 N–H and O–H groups in total. The van der Waals surface area contributed by atoms with Crippen molar-refractivity contribution >= 4 is 17.7 Å². The van der Waals surface area contributed by atoms with Gasteiger partial charge in [-0.15, -0.1) is 0 Å². The average Bonchev–Trinajstić information content (AvgIpc) is 3.31. The molecule has 5 rings (SSSR count). The summed E-state index contributed by atoms with van der Waals surface area (Å²) in [5.41, 5.74) is 1.51. The molecule has 3 aliphatic heterocycles. The summed E-state index contributed by atoms with van der Waals surface area (Å²) in [7, 11) is 0. The normalized spacial score (nSPS) is 26.6. The van der Waals surface area contributed by atoms with Crippen molar-refractivity contribution in [2.45, 2.75) is 42.3 Å². The topological polar surface area (TPSA) is 35.5 Å². The van der Waals surface area contributed by atoms with Crippen LogP contribution in [0.5, 0.6) is 11.5 Å². The molecule has 4 heteroatoms. The van der Waals surface area contributed by atoms with Crippen LogP contribution in [0.25, 0.3) is 0 Å². The number of hydrogen-bond donors (Lipinski definition) is 0. The Morgan fingerprint density at radius 1 is 1.11 bits per heavy atom. The van der Waals surface area contributed by atoms with Crippen LogP contribution >= 0.6 is 11.8 Å². The maximum Gasteiger partial charge on any atom is 0.334 e. The molecule has 27 heavy (non-hydrogen) atoms. The molecule has 2 bridgehead atoms. The maximum absolute atomic E-state index is 12.8. The number of thioether (sulfide) groups is 1. The lowest BCUT2D eigenvalue weighted by Crippen LogP contribution is -2.46. The third-order valence-corrected chi connectivity index (χ3v) is 7.75. The fourth-order valence-electron chi connectivity index (χ4n) is 4.87. The van der Waals surface area contributed by atoms with Crippen LogP contribution in [0.4, 0.5) is 0 Å². The molecule has 2 saturated heterocycles. The number of ether oxygens (including phenoxy) is 2. The van der Waals surface area contributed by atoms with Crippen LogP contribution < -0.4 is 4.74 Å². The number of para-hydroxylation sites is 2.